The van der Waals surface area contributed by atoms with Crippen LogP contribution >= 0.6 is 11.6 Å². The van der Waals surface area contributed by atoms with Gasteiger partial charge in [-0.1, -0.05) is 11.6 Å². The lowest BCUT2D eigenvalue weighted by Gasteiger charge is -2.16. The van der Waals surface area contributed by atoms with Crippen molar-refractivity contribution in [3.8, 4) is 22.9 Å². The van der Waals surface area contributed by atoms with Crippen LogP contribution in [0, 0.1) is 0 Å². The summed E-state index contributed by atoms with van der Waals surface area (Å²) in [6, 6.07) is 9.24. The van der Waals surface area contributed by atoms with E-state index in [1.165, 1.54) is 29.6 Å². The molecule has 12 heteroatoms. The number of methoxy groups -OCH3 is 2. The van der Waals surface area contributed by atoms with Gasteiger partial charge < -0.3 is 9.47 Å². The maximum absolute atomic E-state index is 12.8. The van der Waals surface area contributed by atoms with Crippen molar-refractivity contribution in [3.05, 3.63) is 47.0 Å². The normalized spacial score (nSPS) is 14.3. The van der Waals surface area contributed by atoms with Crippen LogP contribution in [-0.4, -0.2) is 61.1 Å². The summed E-state index contributed by atoms with van der Waals surface area (Å²) >= 11 is 6.19. The maximum Gasteiger partial charge on any atom is 0.259 e. The molecule has 0 aliphatic carbocycles. The number of rotatable bonds is 7. The molecule has 10 nitrogen and oxygen atoms in total. The Hall–Kier alpha value is -3.15. The molecule has 3 aromatic rings. The van der Waals surface area contributed by atoms with Crippen LogP contribution in [0.3, 0.4) is 0 Å². The van der Waals surface area contributed by atoms with Crippen molar-refractivity contribution in [2.75, 3.05) is 32.6 Å². The van der Waals surface area contributed by atoms with Gasteiger partial charge in [0.05, 0.1) is 35.3 Å². The van der Waals surface area contributed by atoms with Gasteiger partial charge in [-0.2, -0.15) is 9.29 Å². The van der Waals surface area contributed by atoms with E-state index in [0.717, 1.165) is 12.8 Å². The second-order valence-corrected chi connectivity index (χ2v) is 9.63. The summed E-state index contributed by atoms with van der Waals surface area (Å²) in [4.78, 5) is 17.1. The molecule has 2 heterocycles. The molecule has 2 N–H and O–H groups in total. The number of halogens is 1. The predicted octanol–water partition coefficient (Wildman–Crippen LogP) is 3.18. The molecular weight excluding hydrogens is 470 g/mol. The van der Waals surface area contributed by atoms with E-state index in [1.54, 1.807) is 25.3 Å². The van der Waals surface area contributed by atoms with E-state index in [9.17, 15) is 13.2 Å². The van der Waals surface area contributed by atoms with Crippen LogP contribution in [0.2, 0.25) is 5.02 Å². The zero-order valence-electron chi connectivity index (χ0n) is 18.0. The first-order valence-electron chi connectivity index (χ1n) is 10.1. The molecule has 1 aliphatic heterocycles. The molecule has 0 radical (unpaired) electrons. The molecule has 1 aliphatic rings. The standard InChI is InChI=1S/C21H22ClN5O5S/c1-31-13-5-7-15(18(11-13)32-2)19-23-21(26-25-19)24-20(28)16-12-14(6-8-17(16)22)33(29,30)27-9-3-4-10-27/h5-8,11-12H,3-4,9-10H2,1-2H3,(H2,23,24,25,26,28). The number of carbonyl (C=O) groups excluding carboxylic acids is 1. The number of aromatic amines is 1. The van der Waals surface area contributed by atoms with Gasteiger partial charge in [0.1, 0.15) is 11.5 Å². The summed E-state index contributed by atoms with van der Waals surface area (Å²) in [5.41, 5.74) is 0.619. The minimum Gasteiger partial charge on any atom is -0.497 e. The number of ether oxygens (including phenoxy) is 2. The van der Waals surface area contributed by atoms with Crippen LogP contribution in [0.25, 0.3) is 11.4 Å². The third kappa shape index (κ3) is 4.65. The van der Waals surface area contributed by atoms with E-state index in [-0.39, 0.29) is 21.4 Å². The molecule has 0 atom stereocenters. The van der Waals surface area contributed by atoms with Crippen molar-refractivity contribution in [1.29, 1.82) is 0 Å². The summed E-state index contributed by atoms with van der Waals surface area (Å²) in [7, 11) is -0.632. The monoisotopic (exact) mass is 491 g/mol. The second kappa shape index (κ2) is 9.38. The molecular formula is C21H22ClN5O5S. The molecule has 0 bridgehead atoms. The van der Waals surface area contributed by atoms with Crippen molar-refractivity contribution in [2.45, 2.75) is 17.7 Å². The zero-order chi connectivity index (χ0) is 23.6. The molecule has 2 aromatic carbocycles. The summed E-state index contributed by atoms with van der Waals surface area (Å²) in [6.07, 6.45) is 1.62. The first-order chi connectivity index (χ1) is 15.8. The van der Waals surface area contributed by atoms with Crippen LogP contribution in [0.1, 0.15) is 23.2 Å². The number of sulfonamides is 1. The van der Waals surface area contributed by atoms with E-state index in [0.29, 0.717) is 36.0 Å². The molecule has 1 amide bonds. The van der Waals surface area contributed by atoms with Gasteiger partial charge >= 0.3 is 0 Å². The van der Waals surface area contributed by atoms with Crippen LogP contribution in [0.4, 0.5) is 5.95 Å². The van der Waals surface area contributed by atoms with Gasteiger partial charge in [-0.3, -0.25) is 15.2 Å². The first-order valence-corrected chi connectivity index (χ1v) is 11.9. The number of hydrogen-bond donors (Lipinski definition) is 2. The summed E-state index contributed by atoms with van der Waals surface area (Å²) in [5.74, 6) is 0.844. The lowest BCUT2D eigenvalue weighted by atomic mass is 10.2. The Morgan fingerprint density at radius 1 is 1.12 bits per heavy atom. The Morgan fingerprint density at radius 2 is 1.88 bits per heavy atom. The van der Waals surface area contributed by atoms with Gasteiger partial charge in [0.2, 0.25) is 16.0 Å². The van der Waals surface area contributed by atoms with Gasteiger partial charge in [-0.15, -0.1) is 5.10 Å². The van der Waals surface area contributed by atoms with E-state index in [1.807, 2.05) is 0 Å². The predicted molar refractivity (Wildman–Crippen MR) is 122 cm³/mol. The average Bonchev–Trinajstić information content (AvgIpc) is 3.51. The molecule has 0 saturated carbocycles. The molecule has 4 rings (SSSR count). The Bertz CT molecular complexity index is 1290. The summed E-state index contributed by atoms with van der Waals surface area (Å²) in [6.45, 7) is 0.919. The van der Waals surface area contributed by atoms with E-state index < -0.39 is 15.9 Å². The van der Waals surface area contributed by atoms with Crippen LogP contribution in [0.15, 0.2) is 41.3 Å². The highest BCUT2D eigenvalue weighted by Crippen LogP contribution is 2.32. The van der Waals surface area contributed by atoms with Crippen molar-refractivity contribution in [3.63, 3.8) is 0 Å². The number of carbonyl (C=O) groups is 1. The number of amides is 1. The minimum atomic E-state index is -3.70. The van der Waals surface area contributed by atoms with Gasteiger partial charge in [0, 0.05) is 19.2 Å². The quantitative estimate of drug-likeness (QED) is 0.519. The van der Waals surface area contributed by atoms with Crippen LogP contribution in [-0.2, 0) is 10.0 Å². The third-order valence-corrected chi connectivity index (χ3v) is 7.48. The third-order valence-electron chi connectivity index (χ3n) is 5.26. The molecule has 174 valence electrons. The van der Waals surface area contributed by atoms with E-state index in [2.05, 4.69) is 20.5 Å². The minimum absolute atomic E-state index is 0.00302. The van der Waals surface area contributed by atoms with Crippen LogP contribution in [0.5, 0.6) is 11.5 Å². The summed E-state index contributed by atoms with van der Waals surface area (Å²) in [5, 5.41) is 9.42. The average molecular weight is 492 g/mol. The van der Waals surface area contributed by atoms with E-state index >= 15 is 0 Å². The Balaban J connectivity index is 1.57. The molecule has 33 heavy (non-hydrogen) atoms. The number of benzene rings is 2. The number of H-pyrrole nitrogens is 1. The van der Waals surface area contributed by atoms with Gasteiger partial charge in [0.25, 0.3) is 5.91 Å². The lowest BCUT2D eigenvalue weighted by Crippen LogP contribution is -2.28. The lowest BCUT2D eigenvalue weighted by molar-refractivity contribution is 0.102. The second-order valence-electron chi connectivity index (χ2n) is 7.28. The zero-order valence-corrected chi connectivity index (χ0v) is 19.5. The number of hydrogen-bond acceptors (Lipinski definition) is 7. The Kier molecular flexibility index (Phi) is 6.54. The maximum atomic E-state index is 12.8. The highest BCUT2D eigenvalue weighted by Gasteiger charge is 2.28. The highest BCUT2D eigenvalue weighted by molar-refractivity contribution is 7.89. The van der Waals surface area contributed by atoms with Crippen molar-refractivity contribution in [2.24, 2.45) is 0 Å². The van der Waals surface area contributed by atoms with Crippen molar-refractivity contribution in [1.82, 2.24) is 19.5 Å². The molecule has 1 saturated heterocycles. The fourth-order valence-electron chi connectivity index (χ4n) is 3.52. The smallest absolute Gasteiger partial charge is 0.259 e. The van der Waals surface area contributed by atoms with Gasteiger partial charge in [-0.05, 0) is 43.2 Å². The summed E-state index contributed by atoms with van der Waals surface area (Å²) < 4.78 is 37.7. The number of nitrogens with zero attached hydrogens (tertiary/aromatic N) is 3. The SMILES string of the molecule is COc1ccc(-c2nc(NC(=O)c3cc(S(=O)(=O)N4CCCC4)ccc3Cl)n[nH]2)c(OC)c1. The molecule has 0 unspecified atom stereocenters. The van der Waals surface area contributed by atoms with Gasteiger partial charge in [0.15, 0.2) is 5.82 Å². The van der Waals surface area contributed by atoms with Crippen molar-refractivity contribution >= 4 is 33.5 Å². The fraction of sp³-hybridized carbons (Fsp3) is 0.286. The Labute approximate surface area is 195 Å². The first kappa shape index (κ1) is 23.0. The number of aromatic nitrogens is 3. The van der Waals surface area contributed by atoms with E-state index in [4.69, 9.17) is 21.1 Å². The number of nitrogens with one attached hydrogen (secondary N) is 2. The Morgan fingerprint density at radius 3 is 2.58 bits per heavy atom. The molecule has 1 fully saturated rings. The topological polar surface area (TPSA) is 127 Å². The highest BCUT2D eigenvalue weighted by atomic mass is 35.5. The molecule has 0 spiro atoms. The molecule has 1 aromatic heterocycles. The largest absolute Gasteiger partial charge is 0.497 e. The van der Waals surface area contributed by atoms with Crippen LogP contribution < -0.4 is 14.8 Å². The fourth-order valence-corrected chi connectivity index (χ4v) is 5.26. The van der Waals surface area contributed by atoms with Gasteiger partial charge in [-0.25, -0.2) is 8.42 Å². The number of anilines is 1. The van der Waals surface area contributed by atoms with Crippen molar-refractivity contribution < 1.29 is 22.7 Å².